The number of fused-ring (bicyclic) bond motifs is 1. The first-order chi connectivity index (χ1) is 12.1. The van der Waals surface area contributed by atoms with Crippen LogP contribution in [0.3, 0.4) is 0 Å². The standard InChI is InChI=1S/C17H17N3O5/c21-16(20-12-3-4-14-15(6-12)25-10-24-14)7-13(17(22)23)19-9-11-2-1-5-18-8-11/h1-6,8,13,19H,7,9-10H2,(H,20,21)(H,22,23)/t13-/m0/s1. The highest BCUT2D eigenvalue weighted by Crippen LogP contribution is 2.34. The molecule has 8 heteroatoms. The summed E-state index contributed by atoms with van der Waals surface area (Å²) in [5.41, 5.74) is 1.36. The summed E-state index contributed by atoms with van der Waals surface area (Å²) in [4.78, 5) is 27.5. The number of rotatable bonds is 7. The number of carboxylic acids is 1. The number of nitrogens with one attached hydrogen (secondary N) is 2. The molecule has 1 aromatic heterocycles. The minimum Gasteiger partial charge on any atom is -0.480 e. The zero-order valence-electron chi connectivity index (χ0n) is 13.3. The van der Waals surface area contributed by atoms with Crippen LogP contribution < -0.4 is 20.1 Å². The first-order valence-electron chi connectivity index (χ1n) is 7.66. The number of aliphatic carboxylic acids is 1. The third-order valence-corrected chi connectivity index (χ3v) is 3.62. The molecular formula is C17H17N3O5. The molecule has 0 aliphatic carbocycles. The van der Waals surface area contributed by atoms with Crippen LogP contribution >= 0.6 is 0 Å². The first-order valence-corrected chi connectivity index (χ1v) is 7.66. The van der Waals surface area contributed by atoms with E-state index in [0.29, 0.717) is 23.7 Å². The molecule has 0 radical (unpaired) electrons. The molecule has 0 spiro atoms. The summed E-state index contributed by atoms with van der Waals surface area (Å²) in [6.07, 6.45) is 3.07. The Morgan fingerprint density at radius 1 is 1.24 bits per heavy atom. The zero-order valence-corrected chi connectivity index (χ0v) is 13.3. The van der Waals surface area contributed by atoms with Crippen LogP contribution in [0.1, 0.15) is 12.0 Å². The highest BCUT2D eigenvalue weighted by molar-refractivity contribution is 5.94. The highest BCUT2D eigenvalue weighted by atomic mass is 16.7. The molecule has 0 saturated heterocycles. The van der Waals surface area contributed by atoms with Gasteiger partial charge in [0.2, 0.25) is 12.7 Å². The third-order valence-electron chi connectivity index (χ3n) is 3.62. The first kappa shape index (κ1) is 16.7. The number of aromatic nitrogens is 1. The van der Waals surface area contributed by atoms with Crippen LogP contribution in [0.4, 0.5) is 5.69 Å². The van der Waals surface area contributed by atoms with Gasteiger partial charge in [0.1, 0.15) is 6.04 Å². The fourth-order valence-corrected chi connectivity index (χ4v) is 2.36. The Morgan fingerprint density at radius 2 is 2.08 bits per heavy atom. The molecule has 2 aromatic rings. The zero-order chi connectivity index (χ0) is 17.6. The molecule has 1 aliphatic heterocycles. The van der Waals surface area contributed by atoms with Gasteiger partial charge in [-0.3, -0.25) is 19.9 Å². The van der Waals surface area contributed by atoms with Crippen LogP contribution in [0.2, 0.25) is 0 Å². The minimum atomic E-state index is -1.09. The SMILES string of the molecule is O=C(C[C@H](NCc1cccnc1)C(=O)O)Nc1ccc2c(c1)OCO2. The van der Waals surface area contributed by atoms with E-state index in [4.69, 9.17) is 9.47 Å². The summed E-state index contributed by atoms with van der Waals surface area (Å²) in [5.74, 6) is -0.350. The van der Waals surface area contributed by atoms with E-state index < -0.39 is 17.9 Å². The lowest BCUT2D eigenvalue weighted by molar-refractivity contribution is -0.141. The van der Waals surface area contributed by atoms with Crippen molar-refractivity contribution in [1.29, 1.82) is 0 Å². The van der Waals surface area contributed by atoms with Crippen molar-refractivity contribution in [3.63, 3.8) is 0 Å². The third kappa shape index (κ3) is 4.45. The molecule has 1 aromatic carbocycles. The van der Waals surface area contributed by atoms with E-state index in [2.05, 4.69) is 15.6 Å². The number of nitrogens with zero attached hydrogens (tertiary/aromatic N) is 1. The monoisotopic (exact) mass is 343 g/mol. The van der Waals surface area contributed by atoms with Crippen LogP contribution in [-0.2, 0) is 16.1 Å². The van der Waals surface area contributed by atoms with Crippen molar-refractivity contribution in [3.05, 3.63) is 48.3 Å². The molecule has 0 fully saturated rings. The number of pyridine rings is 1. The largest absolute Gasteiger partial charge is 0.480 e. The molecule has 0 unspecified atom stereocenters. The van der Waals surface area contributed by atoms with Gasteiger partial charge in [-0.25, -0.2) is 0 Å². The maximum absolute atomic E-state index is 12.1. The number of carboxylic acid groups (broad SMARTS) is 1. The minimum absolute atomic E-state index is 0.145. The molecular weight excluding hydrogens is 326 g/mol. The van der Waals surface area contributed by atoms with Gasteiger partial charge in [0, 0.05) is 30.7 Å². The van der Waals surface area contributed by atoms with Gasteiger partial charge < -0.3 is 19.9 Å². The molecule has 1 aliphatic rings. The molecule has 0 bridgehead atoms. The number of ether oxygens (including phenoxy) is 2. The number of amides is 1. The Morgan fingerprint density at radius 3 is 2.84 bits per heavy atom. The van der Waals surface area contributed by atoms with Gasteiger partial charge >= 0.3 is 5.97 Å². The Kier molecular flexibility index (Phi) is 5.10. The maximum atomic E-state index is 12.1. The Bertz CT molecular complexity index is 766. The van der Waals surface area contributed by atoms with Crippen molar-refractivity contribution in [3.8, 4) is 11.5 Å². The normalized spacial score (nSPS) is 13.3. The second-order valence-electron chi connectivity index (χ2n) is 5.45. The predicted octanol–water partition coefficient (Wildman–Crippen LogP) is 1.38. The molecule has 3 rings (SSSR count). The average Bonchev–Trinajstić information content (AvgIpc) is 3.07. The summed E-state index contributed by atoms with van der Waals surface area (Å²) in [7, 11) is 0. The van der Waals surface area contributed by atoms with Gasteiger partial charge in [0.25, 0.3) is 0 Å². The lowest BCUT2D eigenvalue weighted by Crippen LogP contribution is -2.39. The lowest BCUT2D eigenvalue weighted by Gasteiger charge is -2.14. The highest BCUT2D eigenvalue weighted by Gasteiger charge is 2.21. The quantitative estimate of drug-likeness (QED) is 0.697. The van der Waals surface area contributed by atoms with E-state index in [0.717, 1.165) is 5.56 Å². The lowest BCUT2D eigenvalue weighted by atomic mass is 10.1. The fraction of sp³-hybridized carbons (Fsp3) is 0.235. The van der Waals surface area contributed by atoms with E-state index in [-0.39, 0.29) is 13.2 Å². The molecule has 2 heterocycles. The fourth-order valence-electron chi connectivity index (χ4n) is 2.36. The molecule has 0 saturated carbocycles. The van der Waals surface area contributed by atoms with E-state index >= 15 is 0 Å². The van der Waals surface area contributed by atoms with Gasteiger partial charge in [-0.2, -0.15) is 0 Å². The molecule has 1 atom stereocenters. The number of carbonyl (C=O) groups excluding carboxylic acids is 1. The molecule has 3 N–H and O–H groups in total. The smallest absolute Gasteiger partial charge is 0.321 e. The molecule has 8 nitrogen and oxygen atoms in total. The van der Waals surface area contributed by atoms with Crippen LogP contribution in [0, 0.1) is 0 Å². The van der Waals surface area contributed by atoms with E-state index in [9.17, 15) is 14.7 Å². The number of benzene rings is 1. The van der Waals surface area contributed by atoms with E-state index in [1.54, 1.807) is 36.7 Å². The van der Waals surface area contributed by atoms with E-state index in [1.807, 2.05) is 6.07 Å². The van der Waals surface area contributed by atoms with Gasteiger partial charge in [-0.05, 0) is 23.8 Å². The number of anilines is 1. The summed E-state index contributed by atoms with van der Waals surface area (Å²) in [6, 6.07) is 7.58. The number of hydrogen-bond acceptors (Lipinski definition) is 6. The summed E-state index contributed by atoms with van der Waals surface area (Å²) in [5, 5.41) is 14.8. The average molecular weight is 343 g/mol. The molecule has 130 valence electrons. The summed E-state index contributed by atoms with van der Waals surface area (Å²) >= 11 is 0. The van der Waals surface area contributed by atoms with Gasteiger partial charge in [0.05, 0.1) is 6.42 Å². The molecule has 25 heavy (non-hydrogen) atoms. The van der Waals surface area contributed by atoms with Crippen LogP contribution in [0.25, 0.3) is 0 Å². The topological polar surface area (TPSA) is 110 Å². The van der Waals surface area contributed by atoms with Crippen LogP contribution in [0.15, 0.2) is 42.7 Å². The second-order valence-corrected chi connectivity index (χ2v) is 5.45. The number of hydrogen-bond donors (Lipinski definition) is 3. The van der Waals surface area contributed by atoms with Gasteiger partial charge in [-0.15, -0.1) is 0 Å². The van der Waals surface area contributed by atoms with Crippen LogP contribution in [-0.4, -0.2) is 34.8 Å². The second kappa shape index (κ2) is 7.63. The maximum Gasteiger partial charge on any atom is 0.321 e. The van der Waals surface area contributed by atoms with Crippen molar-refractivity contribution in [2.75, 3.05) is 12.1 Å². The van der Waals surface area contributed by atoms with E-state index in [1.165, 1.54) is 0 Å². The van der Waals surface area contributed by atoms with Gasteiger partial charge in [-0.1, -0.05) is 6.07 Å². The Labute approximate surface area is 143 Å². The van der Waals surface area contributed by atoms with Crippen molar-refractivity contribution in [2.24, 2.45) is 0 Å². The predicted molar refractivity (Wildman–Crippen MR) is 88.3 cm³/mol. The summed E-state index contributed by atoms with van der Waals surface area (Å²) in [6.45, 7) is 0.453. The Balaban J connectivity index is 1.56. The van der Waals surface area contributed by atoms with Crippen molar-refractivity contribution in [1.82, 2.24) is 10.3 Å². The van der Waals surface area contributed by atoms with Crippen LogP contribution in [0.5, 0.6) is 11.5 Å². The summed E-state index contributed by atoms with van der Waals surface area (Å²) < 4.78 is 10.4. The van der Waals surface area contributed by atoms with Crippen molar-refractivity contribution < 1.29 is 24.2 Å². The van der Waals surface area contributed by atoms with Crippen molar-refractivity contribution >= 4 is 17.6 Å². The Hall–Kier alpha value is -3.13. The number of carbonyl (C=O) groups is 2. The molecule has 1 amide bonds. The van der Waals surface area contributed by atoms with Gasteiger partial charge in [0.15, 0.2) is 11.5 Å². The van der Waals surface area contributed by atoms with Crippen molar-refractivity contribution in [2.45, 2.75) is 19.0 Å².